The van der Waals surface area contributed by atoms with E-state index in [1.54, 1.807) is 37.3 Å². The van der Waals surface area contributed by atoms with Gasteiger partial charge in [0, 0.05) is 18.7 Å². The SMILES string of the molecule is CCC(C(=O)NC(C)C)N(Cc1ccc(F)cc1)C(=O)CN(c1cccc(OC)c1)S(=O)(=O)c1ccc(C)cc1. The number of carbonyl (C=O) groups excluding carboxylic acids is 2. The van der Waals surface area contributed by atoms with Crippen molar-refractivity contribution in [1.82, 2.24) is 10.2 Å². The third kappa shape index (κ3) is 7.59. The van der Waals surface area contributed by atoms with Crippen molar-refractivity contribution in [3.8, 4) is 5.75 Å². The molecular weight excluding hydrogens is 533 g/mol. The standard InChI is InChI=1S/C30H36FN3O5S/c1-6-28(30(36)32-21(2)3)33(19-23-12-14-24(31)15-13-23)29(35)20-34(25-8-7-9-26(18-25)39-5)40(37,38)27-16-10-22(4)11-17-27/h7-18,21,28H,6,19-20H2,1-5H3,(H,32,36). The molecule has 1 atom stereocenters. The average Bonchev–Trinajstić information content (AvgIpc) is 2.92. The molecule has 214 valence electrons. The fraction of sp³-hybridized carbons (Fsp3) is 0.333. The van der Waals surface area contributed by atoms with Crippen molar-refractivity contribution in [1.29, 1.82) is 0 Å². The summed E-state index contributed by atoms with van der Waals surface area (Å²) in [6.07, 6.45) is 0.287. The lowest BCUT2D eigenvalue weighted by Gasteiger charge is -2.33. The number of hydrogen-bond donors (Lipinski definition) is 1. The lowest BCUT2D eigenvalue weighted by Crippen LogP contribution is -2.53. The smallest absolute Gasteiger partial charge is 0.264 e. The molecule has 3 aromatic rings. The van der Waals surface area contributed by atoms with Crippen LogP contribution in [0.1, 0.15) is 38.3 Å². The third-order valence-electron chi connectivity index (χ3n) is 6.31. The van der Waals surface area contributed by atoms with Gasteiger partial charge in [-0.05, 0) is 69.2 Å². The Morgan fingerprint density at radius 2 is 1.65 bits per heavy atom. The van der Waals surface area contributed by atoms with Gasteiger partial charge < -0.3 is 15.0 Å². The molecule has 1 unspecified atom stereocenters. The van der Waals surface area contributed by atoms with Crippen LogP contribution >= 0.6 is 0 Å². The number of sulfonamides is 1. The highest BCUT2D eigenvalue weighted by Crippen LogP contribution is 2.28. The molecule has 1 N–H and O–H groups in total. The van der Waals surface area contributed by atoms with Crippen LogP contribution in [0.3, 0.4) is 0 Å². The molecule has 0 heterocycles. The normalized spacial score (nSPS) is 12.1. The van der Waals surface area contributed by atoms with Gasteiger partial charge in [-0.1, -0.05) is 42.8 Å². The predicted octanol–water partition coefficient (Wildman–Crippen LogP) is 4.67. The van der Waals surface area contributed by atoms with Crippen molar-refractivity contribution < 1.29 is 27.1 Å². The van der Waals surface area contributed by atoms with Crippen LogP contribution in [0.25, 0.3) is 0 Å². The Hall–Kier alpha value is -3.92. The fourth-order valence-corrected chi connectivity index (χ4v) is 5.62. The number of aryl methyl sites for hydroxylation is 1. The molecule has 10 heteroatoms. The summed E-state index contributed by atoms with van der Waals surface area (Å²) in [6.45, 7) is 6.67. The van der Waals surface area contributed by atoms with Gasteiger partial charge in [0.05, 0.1) is 17.7 Å². The Bertz CT molecular complexity index is 1410. The number of hydrogen-bond acceptors (Lipinski definition) is 5. The molecule has 0 spiro atoms. The number of nitrogens with zero attached hydrogens (tertiary/aromatic N) is 2. The molecule has 40 heavy (non-hydrogen) atoms. The zero-order chi connectivity index (χ0) is 29.4. The maximum Gasteiger partial charge on any atom is 0.264 e. The van der Waals surface area contributed by atoms with Crippen molar-refractivity contribution in [3.05, 3.63) is 89.7 Å². The summed E-state index contributed by atoms with van der Waals surface area (Å²) in [4.78, 5) is 28.5. The molecule has 0 radical (unpaired) electrons. The van der Waals surface area contributed by atoms with Crippen LogP contribution in [0.5, 0.6) is 5.75 Å². The Kier molecular flexibility index (Phi) is 10.3. The van der Waals surface area contributed by atoms with E-state index in [4.69, 9.17) is 4.74 Å². The van der Waals surface area contributed by atoms with E-state index in [-0.39, 0.29) is 35.5 Å². The summed E-state index contributed by atoms with van der Waals surface area (Å²) in [5.41, 5.74) is 1.71. The van der Waals surface area contributed by atoms with E-state index in [9.17, 15) is 22.4 Å². The predicted molar refractivity (Wildman–Crippen MR) is 153 cm³/mol. The van der Waals surface area contributed by atoms with Gasteiger partial charge in [0.15, 0.2) is 0 Å². The molecule has 0 saturated carbocycles. The first kappa shape index (κ1) is 30.6. The molecule has 0 aliphatic rings. The summed E-state index contributed by atoms with van der Waals surface area (Å²) < 4.78 is 47.7. The maximum atomic E-state index is 14.0. The van der Waals surface area contributed by atoms with E-state index in [0.717, 1.165) is 9.87 Å². The van der Waals surface area contributed by atoms with Crippen molar-refractivity contribution in [2.45, 2.75) is 57.6 Å². The van der Waals surface area contributed by atoms with Gasteiger partial charge in [-0.15, -0.1) is 0 Å². The molecule has 8 nitrogen and oxygen atoms in total. The molecule has 3 aromatic carbocycles. The quantitative estimate of drug-likeness (QED) is 0.342. The number of ether oxygens (including phenoxy) is 1. The van der Waals surface area contributed by atoms with Crippen molar-refractivity contribution in [2.75, 3.05) is 18.0 Å². The number of anilines is 1. The summed E-state index contributed by atoms with van der Waals surface area (Å²) in [5.74, 6) is -0.963. The van der Waals surface area contributed by atoms with E-state index in [1.807, 2.05) is 20.8 Å². The second-order valence-corrected chi connectivity index (χ2v) is 11.6. The highest BCUT2D eigenvalue weighted by atomic mass is 32.2. The Labute approximate surface area is 235 Å². The second-order valence-electron chi connectivity index (χ2n) is 9.76. The summed E-state index contributed by atoms with van der Waals surface area (Å²) >= 11 is 0. The summed E-state index contributed by atoms with van der Waals surface area (Å²) in [7, 11) is -2.73. The summed E-state index contributed by atoms with van der Waals surface area (Å²) in [6, 6.07) is 17.3. The number of nitrogens with one attached hydrogen (secondary N) is 1. The topological polar surface area (TPSA) is 96.0 Å². The van der Waals surface area contributed by atoms with Gasteiger partial charge >= 0.3 is 0 Å². The van der Waals surface area contributed by atoms with Crippen LogP contribution < -0.4 is 14.4 Å². The lowest BCUT2D eigenvalue weighted by atomic mass is 10.1. The number of methoxy groups -OCH3 is 1. The van der Waals surface area contributed by atoms with E-state index in [2.05, 4.69) is 5.32 Å². The van der Waals surface area contributed by atoms with E-state index in [0.29, 0.717) is 11.3 Å². The highest BCUT2D eigenvalue weighted by Gasteiger charge is 2.34. The van der Waals surface area contributed by atoms with Crippen LogP contribution in [0.15, 0.2) is 77.7 Å². The molecule has 0 fully saturated rings. The lowest BCUT2D eigenvalue weighted by molar-refractivity contribution is -0.140. The van der Waals surface area contributed by atoms with Crippen LogP contribution in [0.2, 0.25) is 0 Å². The maximum absolute atomic E-state index is 14.0. The summed E-state index contributed by atoms with van der Waals surface area (Å²) in [5, 5.41) is 2.84. The van der Waals surface area contributed by atoms with Crippen LogP contribution in [0, 0.1) is 12.7 Å². The molecule has 3 rings (SSSR count). The number of amides is 2. The first-order valence-corrected chi connectivity index (χ1v) is 14.5. The number of rotatable bonds is 12. The second kappa shape index (κ2) is 13.4. The van der Waals surface area contributed by atoms with Crippen LogP contribution in [-0.4, -0.2) is 50.9 Å². The number of halogens is 1. The minimum absolute atomic E-state index is 0.0142. The zero-order valence-corrected chi connectivity index (χ0v) is 24.2. The number of benzene rings is 3. The largest absolute Gasteiger partial charge is 0.497 e. The number of carbonyl (C=O) groups is 2. The fourth-order valence-electron chi connectivity index (χ4n) is 4.22. The Morgan fingerprint density at radius 1 is 1.00 bits per heavy atom. The first-order chi connectivity index (χ1) is 19.0. The molecule has 0 aliphatic carbocycles. The van der Waals surface area contributed by atoms with Crippen LogP contribution in [0.4, 0.5) is 10.1 Å². The van der Waals surface area contributed by atoms with E-state index in [1.165, 1.54) is 54.5 Å². The molecule has 2 amide bonds. The average molecular weight is 570 g/mol. The Balaban J connectivity index is 2.08. The van der Waals surface area contributed by atoms with Gasteiger partial charge in [-0.25, -0.2) is 12.8 Å². The molecular formula is C30H36FN3O5S. The van der Waals surface area contributed by atoms with Crippen molar-refractivity contribution >= 4 is 27.5 Å². The van der Waals surface area contributed by atoms with Gasteiger partial charge in [-0.3, -0.25) is 13.9 Å². The van der Waals surface area contributed by atoms with Crippen LogP contribution in [-0.2, 0) is 26.2 Å². The third-order valence-corrected chi connectivity index (χ3v) is 8.10. The minimum Gasteiger partial charge on any atom is -0.497 e. The van der Waals surface area contributed by atoms with E-state index >= 15 is 0 Å². The zero-order valence-electron chi connectivity index (χ0n) is 23.4. The van der Waals surface area contributed by atoms with Crippen molar-refractivity contribution in [3.63, 3.8) is 0 Å². The monoisotopic (exact) mass is 569 g/mol. The minimum atomic E-state index is -4.19. The Morgan fingerprint density at radius 3 is 2.23 bits per heavy atom. The highest BCUT2D eigenvalue weighted by molar-refractivity contribution is 7.92. The molecule has 0 aromatic heterocycles. The van der Waals surface area contributed by atoms with Gasteiger partial charge in [0.2, 0.25) is 11.8 Å². The molecule has 0 bridgehead atoms. The van der Waals surface area contributed by atoms with E-state index < -0.39 is 34.3 Å². The van der Waals surface area contributed by atoms with Gasteiger partial charge in [-0.2, -0.15) is 0 Å². The molecule has 0 aliphatic heterocycles. The van der Waals surface area contributed by atoms with Gasteiger partial charge in [0.1, 0.15) is 24.2 Å². The van der Waals surface area contributed by atoms with Crippen molar-refractivity contribution in [2.24, 2.45) is 0 Å². The first-order valence-electron chi connectivity index (χ1n) is 13.0. The van der Waals surface area contributed by atoms with Gasteiger partial charge in [0.25, 0.3) is 10.0 Å². The molecule has 0 saturated heterocycles.